The fourth-order valence-electron chi connectivity index (χ4n) is 3.13. The molecule has 0 spiro atoms. The van der Waals surface area contributed by atoms with Gasteiger partial charge in [0.15, 0.2) is 0 Å². The van der Waals surface area contributed by atoms with Crippen molar-refractivity contribution < 1.29 is 23.9 Å². The van der Waals surface area contributed by atoms with E-state index in [0.29, 0.717) is 22.4 Å². The van der Waals surface area contributed by atoms with Crippen LogP contribution in [-0.4, -0.2) is 45.4 Å². The van der Waals surface area contributed by atoms with Gasteiger partial charge in [0, 0.05) is 13.0 Å². The van der Waals surface area contributed by atoms with Gasteiger partial charge in [-0.2, -0.15) is 0 Å². The molecule has 1 unspecified atom stereocenters. The number of imide groups is 1. The monoisotopic (exact) mass is 415 g/mol. The van der Waals surface area contributed by atoms with Gasteiger partial charge in [-0.3, -0.25) is 19.7 Å². The Balaban J connectivity index is 1.81. The summed E-state index contributed by atoms with van der Waals surface area (Å²) in [6.45, 7) is 7.21. The van der Waals surface area contributed by atoms with Crippen molar-refractivity contribution in [3.05, 3.63) is 29.1 Å². The first-order valence-electron chi connectivity index (χ1n) is 9.62. The van der Waals surface area contributed by atoms with Crippen LogP contribution in [0, 0.1) is 6.92 Å². The van der Waals surface area contributed by atoms with Crippen molar-refractivity contribution in [1.82, 2.24) is 25.9 Å². The van der Waals surface area contributed by atoms with Crippen molar-refractivity contribution in [2.24, 2.45) is 0 Å². The number of piperidine rings is 1. The molecule has 2 heterocycles. The van der Waals surface area contributed by atoms with E-state index in [4.69, 9.17) is 4.74 Å². The summed E-state index contributed by atoms with van der Waals surface area (Å²) in [4.78, 5) is 55.6. The van der Waals surface area contributed by atoms with Gasteiger partial charge in [-0.15, -0.1) is 0 Å². The molecule has 1 saturated heterocycles. The fourth-order valence-corrected chi connectivity index (χ4v) is 3.13. The molecule has 10 nitrogen and oxygen atoms in total. The van der Waals surface area contributed by atoms with Crippen LogP contribution in [0.1, 0.15) is 55.4 Å². The Kier molecular flexibility index (Phi) is 5.77. The normalized spacial score (nSPS) is 16.9. The summed E-state index contributed by atoms with van der Waals surface area (Å²) in [7, 11) is 0. The zero-order valence-electron chi connectivity index (χ0n) is 17.3. The standard InChI is InChI=1S/C20H25N5O5/c1-10-22-14-8-11(9-21-19(29)30-20(2,3)4)7-12(16(14)23-10)17(27)24-13-5-6-15(26)25-18(13)28/h7-8,13H,5-6,9H2,1-4H3,(H,21,29)(H,22,23)(H,24,27)(H,25,26,28). The Morgan fingerprint density at radius 3 is 2.67 bits per heavy atom. The van der Waals surface area contributed by atoms with Crippen LogP contribution < -0.4 is 16.0 Å². The first kappa shape index (κ1) is 21.3. The second-order valence-corrected chi connectivity index (χ2v) is 8.19. The van der Waals surface area contributed by atoms with Gasteiger partial charge in [-0.1, -0.05) is 0 Å². The molecule has 4 amide bonds. The number of rotatable bonds is 4. The van der Waals surface area contributed by atoms with Crippen LogP contribution in [0.3, 0.4) is 0 Å². The number of imidazole rings is 1. The number of aryl methyl sites for hydroxylation is 1. The minimum absolute atomic E-state index is 0.140. The largest absolute Gasteiger partial charge is 0.444 e. The summed E-state index contributed by atoms with van der Waals surface area (Å²) in [5.74, 6) is -0.750. The van der Waals surface area contributed by atoms with Gasteiger partial charge in [0.25, 0.3) is 5.91 Å². The number of carbonyl (C=O) groups is 4. The van der Waals surface area contributed by atoms with Crippen molar-refractivity contribution >= 4 is 34.8 Å². The summed E-state index contributed by atoms with van der Waals surface area (Å²) >= 11 is 0. The number of hydrogen-bond acceptors (Lipinski definition) is 6. The van der Waals surface area contributed by atoms with Gasteiger partial charge in [0.1, 0.15) is 23.0 Å². The maximum Gasteiger partial charge on any atom is 0.407 e. The van der Waals surface area contributed by atoms with E-state index in [-0.39, 0.29) is 30.9 Å². The Labute approximate surface area is 173 Å². The number of alkyl carbamates (subject to hydrolysis) is 1. The highest BCUT2D eigenvalue weighted by atomic mass is 16.6. The molecule has 0 aliphatic carbocycles. The molecule has 4 N–H and O–H groups in total. The zero-order chi connectivity index (χ0) is 22.1. The third-order valence-electron chi connectivity index (χ3n) is 4.39. The second kappa shape index (κ2) is 8.13. The molecule has 0 radical (unpaired) electrons. The molecule has 1 atom stereocenters. The van der Waals surface area contributed by atoms with Gasteiger partial charge in [0.2, 0.25) is 11.8 Å². The molecule has 1 fully saturated rings. The fraction of sp³-hybridized carbons (Fsp3) is 0.450. The summed E-state index contributed by atoms with van der Waals surface area (Å²) in [6.07, 6.45) is -0.176. The minimum atomic E-state index is -0.797. The molecule has 1 aliphatic rings. The van der Waals surface area contributed by atoms with Crippen LogP contribution in [0.25, 0.3) is 11.0 Å². The number of nitrogens with one attached hydrogen (secondary N) is 4. The maximum absolute atomic E-state index is 12.9. The number of carbonyl (C=O) groups excluding carboxylic acids is 4. The number of aromatic nitrogens is 2. The van der Waals surface area contributed by atoms with Crippen molar-refractivity contribution in [1.29, 1.82) is 0 Å². The number of nitrogens with zero attached hydrogens (tertiary/aromatic N) is 1. The third kappa shape index (κ3) is 5.13. The average Bonchev–Trinajstić information content (AvgIpc) is 3.00. The van der Waals surface area contributed by atoms with Gasteiger partial charge >= 0.3 is 6.09 Å². The van der Waals surface area contributed by atoms with E-state index in [9.17, 15) is 19.2 Å². The first-order chi connectivity index (χ1) is 14.0. The lowest BCUT2D eigenvalue weighted by molar-refractivity contribution is -0.134. The van der Waals surface area contributed by atoms with Crippen LogP contribution in [0.15, 0.2) is 12.1 Å². The van der Waals surface area contributed by atoms with E-state index in [1.807, 2.05) is 0 Å². The SMILES string of the molecule is Cc1nc2c(C(=O)NC3CCC(=O)NC3=O)cc(CNC(=O)OC(C)(C)C)cc2[nH]1. The maximum atomic E-state index is 12.9. The molecule has 1 aromatic carbocycles. The van der Waals surface area contributed by atoms with Crippen LogP contribution in [0.4, 0.5) is 4.79 Å². The number of amides is 4. The van der Waals surface area contributed by atoms with Crippen LogP contribution in [0.5, 0.6) is 0 Å². The first-order valence-corrected chi connectivity index (χ1v) is 9.62. The molecule has 1 aromatic heterocycles. The van der Waals surface area contributed by atoms with Gasteiger partial charge in [-0.05, 0) is 51.8 Å². The number of aromatic amines is 1. The third-order valence-corrected chi connectivity index (χ3v) is 4.39. The van der Waals surface area contributed by atoms with Gasteiger partial charge in [-0.25, -0.2) is 9.78 Å². The Morgan fingerprint density at radius 2 is 2.00 bits per heavy atom. The number of ether oxygens (including phenoxy) is 1. The van der Waals surface area contributed by atoms with E-state index in [2.05, 4.69) is 25.9 Å². The van der Waals surface area contributed by atoms with E-state index < -0.39 is 29.6 Å². The second-order valence-electron chi connectivity index (χ2n) is 8.19. The van der Waals surface area contributed by atoms with Crippen LogP contribution >= 0.6 is 0 Å². The highest BCUT2D eigenvalue weighted by Crippen LogP contribution is 2.20. The Morgan fingerprint density at radius 1 is 1.27 bits per heavy atom. The van der Waals surface area contributed by atoms with Crippen molar-refractivity contribution in [3.63, 3.8) is 0 Å². The molecular weight excluding hydrogens is 390 g/mol. The summed E-state index contributed by atoms with van der Waals surface area (Å²) in [6, 6.07) is 2.60. The predicted octanol–water partition coefficient (Wildman–Crippen LogP) is 1.43. The zero-order valence-corrected chi connectivity index (χ0v) is 17.3. The van der Waals surface area contributed by atoms with E-state index in [0.717, 1.165) is 0 Å². The lowest BCUT2D eigenvalue weighted by Crippen LogP contribution is -2.52. The highest BCUT2D eigenvalue weighted by Gasteiger charge is 2.29. The van der Waals surface area contributed by atoms with Crippen molar-refractivity contribution in [2.45, 2.75) is 58.7 Å². The topological polar surface area (TPSA) is 142 Å². The van der Waals surface area contributed by atoms with Crippen LogP contribution in [-0.2, 0) is 20.9 Å². The molecule has 160 valence electrons. The molecule has 30 heavy (non-hydrogen) atoms. The number of fused-ring (bicyclic) bond motifs is 1. The van der Waals surface area contributed by atoms with Gasteiger partial charge < -0.3 is 20.4 Å². The lowest BCUT2D eigenvalue weighted by atomic mass is 10.0. The Bertz CT molecular complexity index is 1020. The number of hydrogen-bond donors (Lipinski definition) is 4. The summed E-state index contributed by atoms with van der Waals surface area (Å²) < 4.78 is 5.23. The van der Waals surface area contributed by atoms with E-state index >= 15 is 0 Å². The highest BCUT2D eigenvalue weighted by molar-refractivity contribution is 6.08. The van der Waals surface area contributed by atoms with Gasteiger partial charge in [0.05, 0.1) is 11.1 Å². The lowest BCUT2D eigenvalue weighted by Gasteiger charge is -2.22. The van der Waals surface area contributed by atoms with Crippen molar-refractivity contribution in [3.8, 4) is 0 Å². The molecule has 2 aromatic rings. The number of benzene rings is 1. The van der Waals surface area contributed by atoms with E-state index in [1.165, 1.54) is 0 Å². The molecule has 10 heteroatoms. The summed E-state index contributed by atoms with van der Waals surface area (Å²) in [5, 5.41) is 7.53. The predicted molar refractivity (Wildman–Crippen MR) is 108 cm³/mol. The average molecular weight is 415 g/mol. The molecule has 0 saturated carbocycles. The molecular formula is C20H25N5O5. The molecule has 3 rings (SSSR count). The minimum Gasteiger partial charge on any atom is -0.444 e. The smallest absolute Gasteiger partial charge is 0.407 e. The van der Waals surface area contributed by atoms with Crippen molar-refractivity contribution in [2.75, 3.05) is 0 Å². The summed E-state index contributed by atoms with van der Waals surface area (Å²) in [5.41, 5.74) is 1.39. The Hall–Kier alpha value is -3.43. The van der Waals surface area contributed by atoms with Crippen LogP contribution in [0.2, 0.25) is 0 Å². The quantitative estimate of drug-likeness (QED) is 0.557. The number of H-pyrrole nitrogens is 1. The van der Waals surface area contributed by atoms with E-state index in [1.54, 1.807) is 39.8 Å². The molecule has 1 aliphatic heterocycles. The molecule has 0 bridgehead atoms.